The van der Waals surface area contributed by atoms with Crippen LogP contribution in [0.3, 0.4) is 0 Å². The van der Waals surface area contributed by atoms with Gasteiger partial charge in [-0.2, -0.15) is 15.0 Å². The Bertz CT molecular complexity index is 1720. The van der Waals surface area contributed by atoms with Crippen LogP contribution in [0.5, 0.6) is 11.5 Å². The molecule has 0 bridgehead atoms. The van der Waals surface area contributed by atoms with Crippen molar-refractivity contribution in [1.82, 2.24) is 9.66 Å². The summed E-state index contributed by atoms with van der Waals surface area (Å²) < 4.78 is 13.1. The van der Waals surface area contributed by atoms with Crippen molar-refractivity contribution in [2.75, 3.05) is 6.61 Å². The first-order valence-corrected chi connectivity index (χ1v) is 12.2. The molecule has 0 amide bonds. The normalized spacial score (nSPS) is 10.9. The number of ether oxygens (including phenoxy) is 2. The van der Waals surface area contributed by atoms with E-state index < -0.39 is 0 Å². The highest BCUT2D eigenvalue weighted by Crippen LogP contribution is 2.29. The third-order valence-corrected chi connectivity index (χ3v) is 5.90. The van der Waals surface area contributed by atoms with E-state index in [1.54, 1.807) is 30.5 Å². The Hall–Kier alpha value is -5.22. The van der Waals surface area contributed by atoms with Gasteiger partial charge in [-0.1, -0.05) is 60.7 Å². The Kier molecular flexibility index (Phi) is 7.23. The fraction of sp³-hybridized carbons (Fsp3) is 0.0968. The molecule has 5 rings (SSSR count). The third kappa shape index (κ3) is 5.15. The molecule has 0 N–H and O–H groups in total. The predicted octanol–water partition coefficient (Wildman–Crippen LogP) is 5.80. The molecule has 4 aromatic carbocycles. The van der Waals surface area contributed by atoms with Crippen molar-refractivity contribution >= 4 is 17.1 Å². The summed E-state index contributed by atoms with van der Waals surface area (Å²) in [5.74, 6) is 1.54. The van der Waals surface area contributed by atoms with E-state index in [4.69, 9.17) is 14.5 Å². The number of rotatable bonds is 8. The lowest BCUT2D eigenvalue weighted by Crippen LogP contribution is -2.20. The van der Waals surface area contributed by atoms with E-state index in [0.29, 0.717) is 40.4 Å². The molecular weight excluding hydrogens is 476 g/mol. The number of hydrogen-bond acceptors (Lipinski definition) is 6. The van der Waals surface area contributed by atoms with E-state index in [0.717, 1.165) is 16.7 Å². The van der Waals surface area contributed by atoms with Crippen molar-refractivity contribution in [1.29, 1.82) is 5.26 Å². The molecule has 0 fully saturated rings. The van der Waals surface area contributed by atoms with E-state index in [2.05, 4.69) is 11.2 Å². The van der Waals surface area contributed by atoms with Crippen molar-refractivity contribution in [2.24, 2.45) is 5.10 Å². The molecule has 0 spiro atoms. The van der Waals surface area contributed by atoms with Gasteiger partial charge in [-0.15, -0.1) is 0 Å². The van der Waals surface area contributed by atoms with E-state index >= 15 is 0 Å². The maximum absolute atomic E-state index is 13.4. The highest BCUT2D eigenvalue weighted by molar-refractivity contribution is 5.82. The summed E-state index contributed by atoms with van der Waals surface area (Å²) in [5, 5.41) is 14.4. The Morgan fingerprint density at radius 3 is 2.50 bits per heavy atom. The molecule has 1 heterocycles. The van der Waals surface area contributed by atoms with Crippen molar-refractivity contribution in [3.63, 3.8) is 0 Å². The van der Waals surface area contributed by atoms with Gasteiger partial charge in [0.15, 0.2) is 17.3 Å². The van der Waals surface area contributed by atoms with Crippen LogP contribution in [0.25, 0.3) is 22.3 Å². The summed E-state index contributed by atoms with van der Waals surface area (Å²) >= 11 is 0. The number of fused-ring (bicyclic) bond motifs is 1. The van der Waals surface area contributed by atoms with Crippen molar-refractivity contribution in [3.8, 4) is 29.0 Å². The van der Waals surface area contributed by atoms with Gasteiger partial charge in [0, 0.05) is 11.1 Å². The summed E-state index contributed by atoms with van der Waals surface area (Å²) in [6.45, 7) is 2.57. The van der Waals surface area contributed by atoms with Crippen molar-refractivity contribution in [3.05, 3.63) is 124 Å². The van der Waals surface area contributed by atoms with Crippen molar-refractivity contribution in [2.45, 2.75) is 13.5 Å². The molecule has 5 aromatic rings. The molecule has 0 atom stereocenters. The van der Waals surface area contributed by atoms with Crippen LogP contribution in [0.1, 0.15) is 23.6 Å². The van der Waals surface area contributed by atoms with E-state index in [-0.39, 0.29) is 12.2 Å². The average Bonchev–Trinajstić information content (AvgIpc) is 2.97. The fourth-order valence-corrected chi connectivity index (χ4v) is 4.03. The van der Waals surface area contributed by atoms with Gasteiger partial charge in [0.2, 0.25) is 0 Å². The minimum Gasteiger partial charge on any atom is -0.490 e. The predicted molar refractivity (Wildman–Crippen MR) is 148 cm³/mol. The maximum atomic E-state index is 13.4. The largest absolute Gasteiger partial charge is 0.490 e. The minimum absolute atomic E-state index is 0.232. The first kappa shape index (κ1) is 24.5. The van der Waals surface area contributed by atoms with Crippen LogP contribution in [0.15, 0.2) is 107 Å². The summed E-state index contributed by atoms with van der Waals surface area (Å²) in [6, 6.07) is 31.6. The molecule has 7 nitrogen and oxygen atoms in total. The van der Waals surface area contributed by atoms with Crippen molar-refractivity contribution < 1.29 is 9.47 Å². The Morgan fingerprint density at radius 2 is 1.68 bits per heavy atom. The quantitative estimate of drug-likeness (QED) is 0.251. The zero-order valence-electron chi connectivity index (χ0n) is 20.7. The van der Waals surface area contributed by atoms with Crippen LogP contribution in [0.4, 0.5) is 0 Å². The monoisotopic (exact) mass is 500 g/mol. The number of hydrogen-bond donors (Lipinski definition) is 0. The number of para-hydroxylation sites is 1. The first-order valence-electron chi connectivity index (χ1n) is 12.2. The molecule has 0 aliphatic carbocycles. The molecule has 0 aliphatic rings. The second-order valence-electron chi connectivity index (χ2n) is 8.38. The molecule has 0 saturated carbocycles. The lowest BCUT2D eigenvalue weighted by molar-refractivity contribution is 0.269. The van der Waals surface area contributed by atoms with Crippen LogP contribution in [-0.2, 0) is 6.61 Å². The second kappa shape index (κ2) is 11.2. The van der Waals surface area contributed by atoms with Crippen LogP contribution in [0, 0.1) is 11.3 Å². The van der Waals surface area contributed by atoms with Crippen LogP contribution in [0.2, 0.25) is 0 Å². The van der Waals surface area contributed by atoms with Crippen LogP contribution < -0.4 is 15.0 Å². The highest BCUT2D eigenvalue weighted by atomic mass is 16.5. The lowest BCUT2D eigenvalue weighted by Gasteiger charge is -2.13. The molecule has 186 valence electrons. The molecule has 0 saturated heterocycles. The van der Waals surface area contributed by atoms with E-state index in [9.17, 15) is 10.1 Å². The van der Waals surface area contributed by atoms with Gasteiger partial charge < -0.3 is 9.47 Å². The Labute approximate surface area is 219 Å². The zero-order chi connectivity index (χ0) is 26.3. The first-order chi connectivity index (χ1) is 18.7. The van der Waals surface area contributed by atoms with Gasteiger partial charge in [0.25, 0.3) is 5.56 Å². The van der Waals surface area contributed by atoms with Gasteiger partial charge in [-0.05, 0) is 48.9 Å². The summed E-state index contributed by atoms with van der Waals surface area (Å²) in [5.41, 5.74) is 3.21. The third-order valence-electron chi connectivity index (χ3n) is 5.90. The number of nitriles is 1. The maximum Gasteiger partial charge on any atom is 0.282 e. The molecular formula is C31H24N4O3. The topological polar surface area (TPSA) is 89.5 Å². The number of nitrogens with zero attached hydrogens (tertiary/aromatic N) is 4. The Balaban J connectivity index is 1.49. The second-order valence-corrected chi connectivity index (χ2v) is 8.38. The van der Waals surface area contributed by atoms with Gasteiger partial charge in [-0.3, -0.25) is 4.79 Å². The Morgan fingerprint density at radius 1 is 0.921 bits per heavy atom. The SMILES string of the molecule is CCOc1cc(C=Nn2c(-c3ccccc3)nc3ccccc3c2=O)ccc1OCc1ccccc1C#N. The number of aromatic nitrogens is 2. The molecule has 0 radical (unpaired) electrons. The van der Waals surface area contributed by atoms with Crippen LogP contribution in [-0.4, -0.2) is 22.5 Å². The molecule has 7 heteroatoms. The average molecular weight is 501 g/mol. The van der Waals surface area contributed by atoms with Crippen LogP contribution >= 0.6 is 0 Å². The molecule has 0 unspecified atom stereocenters. The number of benzene rings is 4. The molecule has 38 heavy (non-hydrogen) atoms. The fourth-order valence-electron chi connectivity index (χ4n) is 4.03. The highest BCUT2D eigenvalue weighted by Gasteiger charge is 2.13. The smallest absolute Gasteiger partial charge is 0.282 e. The van der Waals surface area contributed by atoms with E-state index in [1.807, 2.05) is 79.7 Å². The van der Waals surface area contributed by atoms with E-state index in [1.165, 1.54) is 4.68 Å². The minimum atomic E-state index is -0.258. The summed E-state index contributed by atoms with van der Waals surface area (Å²) in [6.07, 6.45) is 1.60. The standard InChI is InChI=1S/C31H24N4O3/c1-2-37-29-18-22(16-17-28(29)38-21-25-13-7-6-12-24(25)19-32)20-33-35-30(23-10-4-3-5-11-23)34-27-15-9-8-14-26(27)31(35)36/h3-18,20H,2,21H2,1H3. The lowest BCUT2D eigenvalue weighted by atomic mass is 10.1. The van der Waals surface area contributed by atoms with Gasteiger partial charge in [-0.25, -0.2) is 4.98 Å². The summed E-state index contributed by atoms with van der Waals surface area (Å²) in [4.78, 5) is 18.1. The van der Waals surface area contributed by atoms with Gasteiger partial charge in [0.05, 0.1) is 35.4 Å². The molecule has 0 aliphatic heterocycles. The summed E-state index contributed by atoms with van der Waals surface area (Å²) in [7, 11) is 0. The van der Waals surface area contributed by atoms with Gasteiger partial charge >= 0.3 is 0 Å². The zero-order valence-corrected chi connectivity index (χ0v) is 20.7. The van der Waals surface area contributed by atoms with Gasteiger partial charge in [0.1, 0.15) is 6.61 Å². The molecule has 1 aromatic heterocycles.